The molecule has 18 heavy (non-hydrogen) atoms. The molecule has 1 N–H and O–H groups in total. The van der Waals surface area contributed by atoms with Crippen LogP contribution in [0.5, 0.6) is 0 Å². The van der Waals surface area contributed by atoms with Crippen LogP contribution in [0.15, 0.2) is 24.3 Å². The van der Waals surface area contributed by atoms with Gasteiger partial charge in [-0.15, -0.1) is 0 Å². The topological polar surface area (TPSA) is 32.3 Å². The fourth-order valence-corrected chi connectivity index (χ4v) is 1.40. The fraction of sp³-hybridized carbons (Fsp3) is 0.357. The lowest BCUT2D eigenvalue weighted by atomic mass is 10.1. The highest BCUT2D eigenvalue weighted by Gasteiger charge is 2.01. The highest BCUT2D eigenvalue weighted by atomic mass is 35.5. The SMILES string of the molecule is CN(C)CC#CCNC(=O)Cc1ccc(Cl)cc1. The molecule has 0 aromatic heterocycles. The summed E-state index contributed by atoms with van der Waals surface area (Å²) in [5.74, 6) is 5.82. The quantitative estimate of drug-likeness (QED) is 0.838. The summed E-state index contributed by atoms with van der Waals surface area (Å²) in [4.78, 5) is 13.5. The minimum atomic E-state index is -0.0310. The van der Waals surface area contributed by atoms with Crippen molar-refractivity contribution in [1.29, 1.82) is 0 Å². The van der Waals surface area contributed by atoms with Gasteiger partial charge >= 0.3 is 0 Å². The van der Waals surface area contributed by atoms with Crippen LogP contribution in [0.1, 0.15) is 5.56 Å². The molecule has 96 valence electrons. The Morgan fingerprint density at radius 1 is 1.28 bits per heavy atom. The molecule has 0 fully saturated rings. The Hall–Kier alpha value is -1.50. The third-order valence-corrected chi connectivity index (χ3v) is 2.42. The third-order valence-electron chi connectivity index (χ3n) is 2.17. The van der Waals surface area contributed by atoms with E-state index in [2.05, 4.69) is 17.2 Å². The van der Waals surface area contributed by atoms with Gasteiger partial charge in [-0.3, -0.25) is 9.69 Å². The number of carbonyl (C=O) groups excluding carboxylic acids is 1. The first-order valence-corrected chi connectivity index (χ1v) is 6.07. The smallest absolute Gasteiger partial charge is 0.225 e. The average Bonchev–Trinajstić information content (AvgIpc) is 2.31. The van der Waals surface area contributed by atoms with E-state index < -0.39 is 0 Å². The largest absolute Gasteiger partial charge is 0.345 e. The number of hydrogen-bond acceptors (Lipinski definition) is 2. The zero-order chi connectivity index (χ0) is 13.4. The molecule has 0 radical (unpaired) electrons. The summed E-state index contributed by atoms with van der Waals surface area (Å²) < 4.78 is 0. The number of hydrogen-bond donors (Lipinski definition) is 1. The maximum Gasteiger partial charge on any atom is 0.225 e. The Bertz CT molecular complexity index is 443. The Morgan fingerprint density at radius 3 is 2.56 bits per heavy atom. The number of nitrogens with zero attached hydrogens (tertiary/aromatic N) is 1. The molecule has 0 aliphatic heterocycles. The lowest BCUT2D eigenvalue weighted by molar-refractivity contribution is -0.120. The molecular weight excluding hydrogens is 248 g/mol. The molecule has 4 heteroatoms. The van der Waals surface area contributed by atoms with Crippen LogP contribution in [0, 0.1) is 11.8 Å². The first kappa shape index (κ1) is 14.6. The van der Waals surface area contributed by atoms with Crippen molar-refractivity contribution in [2.24, 2.45) is 0 Å². The maximum atomic E-state index is 11.6. The van der Waals surface area contributed by atoms with E-state index in [9.17, 15) is 4.79 Å². The van der Waals surface area contributed by atoms with Gasteiger partial charge in [-0.05, 0) is 31.8 Å². The van der Waals surface area contributed by atoms with E-state index in [4.69, 9.17) is 11.6 Å². The lowest BCUT2D eigenvalue weighted by Gasteiger charge is -2.03. The Labute approximate surface area is 113 Å². The summed E-state index contributed by atoms with van der Waals surface area (Å²) in [6.45, 7) is 1.09. The summed E-state index contributed by atoms with van der Waals surface area (Å²) in [5.41, 5.74) is 0.943. The zero-order valence-electron chi connectivity index (χ0n) is 10.7. The molecule has 0 aliphatic carbocycles. The lowest BCUT2D eigenvalue weighted by Crippen LogP contribution is -2.25. The molecule has 0 atom stereocenters. The van der Waals surface area contributed by atoms with Crippen LogP contribution >= 0.6 is 11.6 Å². The predicted molar refractivity (Wildman–Crippen MR) is 74.5 cm³/mol. The second-order valence-corrected chi connectivity index (χ2v) is 4.61. The molecule has 0 bridgehead atoms. The van der Waals surface area contributed by atoms with Gasteiger partial charge in [-0.2, -0.15) is 0 Å². The second-order valence-electron chi connectivity index (χ2n) is 4.17. The van der Waals surface area contributed by atoms with E-state index in [0.29, 0.717) is 24.5 Å². The van der Waals surface area contributed by atoms with E-state index in [1.54, 1.807) is 12.1 Å². The number of halogens is 1. The van der Waals surface area contributed by atoms with E-state index in [-0.39, 0.29) is 5.91 Å². The van der Waals surface area contributed by atoms with Crippen LogP contribution in [0.4, 0.5) is 0 Å². The van der Waals surface area contributed by atoms with Crippen LogP contribution in [0.3, 0.4) is 0 Å². The molecule has 3 nitrogen and oxygen atoms in total. The minimum absolute atomic E-state index is 0.0310. The van der Waals surface area contributed by atoms with Crippen molar-refractivity contribution in [3.8, 4) is 11.8 Å². The van der Waals surface area contributed by atoms with Crippen LogP contribution in [-0.4, -0.2) is 38.0 Å². The molecule has 1 aromatic carbocycles. The van der Waals surface area contributed by atoms with Crippen molar-refractivity contribution in [2.75, 3.05) is 27.2 Å². The summed E-state index contributed by atoms with van der Waals surface area (Å²) in [6, 6.07) is 7.25. The first-order valence-electron chi connectivity index (χ1n) is 5.69. The van der Waals surface area contributed by atoms with Crippen LogP contribution in [-0.2, 0) is 11.2 Å². The van der Waals surface area contributed by atoms with Crippen molar-refractivity contribution < 1.29 is 4.79 Å². The van der Waals surface area contributed by atoms with Gasteiger partial charge in [0.15, 0.2) is 0 Å². The van der Waals surface area contributed by atoms with Gasteiger partial charge < -0.3 is 5.32 Å². The maximum absolute atomic E-state index is 11.6. The highest BCUT2D eigenvalue weighted by Crippen LogP contribution is 2.09. The number of benzene rings is 1. The molecule has 1 rings (SSSR count). The van der Waals surface area contributed by atoms with Gasteiger partial charge in [0.2, 0.25) is 5.91 Å². The summed E-state index contributed by atoms with van der Waals surface area (Å²) in [5, 5.41) is 3.43. The van der Waals surface area contributed by atoms with Crippen molar-refractivity contribution in [3.63, 3.8) is 0 Å². The first-order chi connectivity index (χ1) is 8.58. The molecule has 1 amide bonds. The second kappa shape index (κ2) is 7.75. The standard InChI is InChI=1S/C14H17ClN2O/c1-17(2)10-4-3-9-16-14(18)11-12-5-7-13(15)8-6-12/h5-8H,9-11H2,1-2H3,(H,16,18). The zero-order valence-corrected chi connectivity index (χ0v) is 11.4. The molecule has 0 saturated carbocycles. The van der Waals surface area contributed by atoms with Crippen LogP contribution in [0.2, 0.25) is 5.02 Å². The minimum Gasteiger partial charge on any atom is -0.345 e. The molecule has 0 saturated heterocycles. The van der Waals surface area contributed by atoms with E-state index in [1.165, 1.54) is 0 Å². The van der Waals surface area contributed by atoms with Crippen molar-refractivity contribution in [2.45, 2.75) is 6.42 Å². The van der Waals surface area contributed by atoms with Gasteiger partial charge in [-0.25, -0.2) is 0 Å². The van der Waals surface area contributed by atoms with Gasteiger partial charge in [0, 0.05) is 5.02 Å². The molecule has 0 spiro atoms. The van der Waals surface area contributed by atoms with Crippen molar-refractivity contribution in [1.82, 2.24) is 10.2 Å². The summed E-state index contributed by atoms with van der Waals surface area (Å²) >= 11 is 5.77. The number of amides is 1. The summed E-state index contributed by atoms with van der Waals surface area (Å²) in [7, 11) is 3.90. The molecule has 0 unspecified atom stereocenters. The Morgan fingerprint density at radius 2 is 1.94 bits per heavy atom. The molecule has 1 aromatic rings. The van der Waals surface area contributed by atoms with Crippen molar-refractivity contribution >= 4 is 17.5 Å². The van der Waals surface area contributed by atoms with E-state index >= 15 is 0 Å². The summed E-state index contributed by atoms with van der Waals surface area (Å²) in [6.07, 6.45) is 0.354. The van der Waals surface area contributed by atoms with Crippen LogP contribution < -0.4 is 5.32 Å². The highest BCUT2D eigenvalue weighted by molar-refractivity contribution is 6.30. The van der Waals surface area contributed by atoms with Gasteiger partial charge in [-0.1, -0.05) is 35.6 Å². The number of rotatable bonds is 4. The molecule has 0 heterocycles. The van der Waals surface area contributed by atoms with E-state index in [0.717, 1.165) is 5.56 Å². The fourth-order valence-electron chi connectivity index (χ4n) is 1.27. The van der Waals surface area contributed by atoms with Gasteiger partial charge in [0.25, 0.3) is 0 Å². The van der Waals surface area contributed by atoms with Gasteiger partial charge in [0.05, 0.1) is 19.5 Å². The normalized spacial score (nSPS) is 9.78. The monoisotopic (exact) mass is 264 g/mol. The third kappa shape index (κ3) is 6.29. The average molecular weight is 265 g/mol. The predicted octanol–water partition coefficient (Wildman–Crippen LogP) is 1.56. The van der Waals surface area contributed by atoms with Crippen LogP contribution in [0.25, 0.3) is 0 Å². The number of nitrogens with one attached hydrogen (secondary N) is 1. The Balaban J connectivity index is 2.29. The number of carbonyl (C=O) groups is 1. The van der Waals surface area contributed by atoms with Gasteiger partial charge in [0.1, 0.15) is 0 Å². The molecule has 0 aliphatic rings. The Kier molecular flexibility index (Phi) is 6.27. The molecular formula is C14H17ClN2O. The van der Waals surface area contributed by atoms with E-state index in [1.807, 2.05) is 31.1 Å². The van der Waals surface area contributed by atoms with Crippen molar-refractivity contribution in [3.05, 3.63) is 34.9 Å².